The maximum atomic E-state index is 14.0. The molecule has 12 heteroatoms. The van der Waals surface area contributed by atoms with E-state index in [0.717, 1.165) is 6.20 Å². The van der Waals surface area contributed by atoms with Gasteiger partial charge < -0.3 is 20.1 Å². The minimum atomic E-state index is -0.617. The van der Waals surface area contributed by atoms with Crippen molar-refractivity contribution in [2.45, 2.75) is 52.4 Å². The summed E-state index contributed by atoms with van der Waals surface area (Å²) in [4.78, 5) is 26.8. The fraction of sp³-hybridized carbons (Fsp3) is 0.409. The highest BCUT2D eigenvalue weighted by atomic mass is 19.1. The second-order valence-electron chi connectivity index (χ2n) is 8.73. The SMILES string of the molecule is C[C@@H](CNC(=O)OC(C)(C)C)Oc1ccc(F)cc1[C@@H](C)Nc1ccn2ncc([N+](=O)[O-])c2n1. The molecule has 0 spiro atoms. The van der Waals surface area contributed by atoms with E-state index in [9.17, 15) is 19.3 Å². The number of nitro groups is 1. The van der Waals surface area contributed by atoms with Crippen molar-refractivity contribution >= 4 is 23.2 Å². The number of hydrogen-bond acceptors (Lipinski definition) is 8. The first kappa shape index (κ1) is 24.7. The van der Waals surface area contributed by atoms with Crippen molar-refractivity contribution in [1.82, 2.24) is 19.9 Å². The summed E-state index contributed by atoms with van der Waals surface area (Å²) in [5.74, 6) is 0.306. The second-order valence-corrected chi connectivity index (χ2v) is 8.73. The summed E-state index contributed by atoms with van der Waals surface area (Å²) in [5.41, 5.74) is -0.251. The standard InChI is InChI=1S/C22H27FN6O5/c1-13(11-24-21(30)34-22(3,4)5)33-18-7-6-15(23)10-16(18)14(2)26-19-8-9-28-20(27-19)17(12-25-28)29(31)32/h6-10,12-14H,11H2,1-5H3,(H,24,30)(H,26,27)/t13-,14+/m0/s1. The van der Waals surface area contributed by atoms with Crippen LogP contribution in [0.15, 0.2) is 36.7 Å². The Hall–Kier alpha value is -3.96. The number of carbonyl (C=O) groups excluding carboxylic acids is 1. The van der Waals surface area contributed by atoms with Crippen LogP contribution in [0, 0.1) is 15.9 Å². The molecule has 1 amide bonds. The van der Waals surface area contributed by atoms with Crippen molar-refractivity contribution in [3.05, 3.63) is 58.2 Å². The molecule has 0 aliphatic carbocycles. The summed E-state index contributed by atoms with van der Waals surface area (Å²) < 4.78 is 26.5. The van der Waals surface area contributed by atoms with Crippen LogP contribution in [0.25, 0.3) is 5.65 Å². The highest BCUT2D eigenvalue weighted by molar-refractivity contribution is 5.67. The predicted molar refractivity (Wildman–Crippen MR) is 122 cm³/mol. The molecule has 3 rings (SSSR count). The van der Waals surface area contributed by atoms with Gasteiger partial charge in [0.25, 0.3) is 0 Å². The molecule has 11 nitrogen and oxygen atoms in total. The van der Waals surface area contributed by atoms with Gasteiger partial charge in [-0.25, -0.2) is 18.7 Å². The lowest BCUT2D eigenvalue weighted by Crippen LogP contribution is -2.37. The van der Waals surface area contributed by atoms with E-state index in [4.69, 9.17) is 9.47 Å². The number of nitrogens with zero attached hydrogens (tertiary/aromatic N) is 4. The average molecular weight is 474 g/mol. The molecule has 3 aromatic rings. The van der Waals surface area contributed by atoms with E-state index in [1.54, 1.807) is 40.7 Å². The Bertz CT molecular complexity index is 1190. The molecule has 2 atom stereocenters. The Labute approximate surface area is 195 Å². The van der Waals surface area contributed by atoms with Crippen molar-refractivity contribution in [2.75, 3.05) is 11.9 Å². The van der Waals surface area contributed by atoms with Crippen molar-refractivity contribution in [3.63, 3.8) is 0 Å². The largest absolute Gasteiger partial charge is 0.489 e. The Morgan fingerprint density at radius 2 is 2.03 bits per heavy atom. The van der Waals surface area contributed by atoms with Gasteiger partial charge in [0, 0.05) is 11.8 Å². The number of benzene rings is 1. The molecule has 0 unspecified atom stereocenters. The predicted octanol–water partition coefficient (Wildman–Crippen LogP) is 4.24. The number of carbonyl (C=O) groups is 1. The van der Waals surface area contributed by atoms with E-state index in [1.165, 1.54) is 28.9 Å². The summed E-state index contributed by atoms with van der Waals surface area (Å²) in [7, 11) is 0. The molecule has 2 heterocycles. The zero-order chi connectivity index (χ0) is 25.0. The number of alkyl carbamates (subject to hydrolysis) is 1. The molecule has 0 saturated carbocycles. The number of ether oxygens (including phenoxy) is 2. The summed E-state index contributed by atoms with van der Waals surface area (Å²) >= 11 is 0. The quantitative estimate of drug-likeness (QED) is 0.366. The van der Waals surface area contributed by atoms with E-state index < -0.39 is 34.6 Å². The van der Waals surface area contributed by atoms with Crippen LogP contribution in [-0.2, 0) is 4.74 Å². The van der Waals surface area contributed by atoms with Gasteiger partial charge in [-0.1, -0.05) is 0 Å². The third kappa shape index (κ3) is 6.30. The van der Waals surface area contributed by atoms with E-state index in [0.29, 0.717) is 17.1 Å². The van der Waals surface area contributed by atoms with Gasteiger partial charge in [0.15, 0.2) is 0 Å². The van der Waals surface area contributed by atoms with Gasteiger partial charge in [-0.05, 0) is 58.9 Å². The zero-order valence-electron chi connectivity index (χ0n) is 19.5. The molecule has 0 saturated heterocycles. The maximum Gasteiger partial charge on any atom is 0.407 e. The molecular formula is C22H27FN6O5. The maximum absolute atomic E-state index is 14.0. The highest BCUT2D eigenvalue weighted by Crippen LogP contribution is 2.29. The van der Waals surface area contributed by atoms with Crippen LogP contribution in [0.5, 0.6) is 5.75 Å². The number of fused-ring (bicyclic) bond motifs is 1. The zero-order valence-corrected chi connectivity index (χ0v) is 19.5. The van der Waals surface area contributed by atoms with Crippen LogP contribution < -0.4 is 15.4 Å². The fourth-order valence-electron chi connectivity index (χ4n) is 3.13. The van der Waals surface area contributed by atoms with Gasteiger partial charge in [0.1, 0.15) is 35.3 Å². The van der Waals surface area contributed by atoms with Crippen molar-refractivity contribution in [3.8, 4) is 5.75 Å². The van der Waals surface area contributed by atoms with Crippen molar-refractivity contribution in [2.24, 2.45) is 0 Å². The Morgan fingerprint density at radius 1 is 1.29 bits per heavy atom. The van der Waals surface area contributed by atoms with E-state index in [1.807, 2.05) is 0 Å². The average Bonchev–Trinajstić information content (AvgIpc) is 3.16. The van der Waals surface area contributed by atoms with Gasteiger partial charge in [0.2, 0.25) is 5.65 Å². The molecule has 182 valence electrons. The Balaban J connectivity index is 1.72. The van der Waals surface area contributed by atoms with Gasteiger partial charge in [0.05, 0.1) is 17.5 Å². The number of halogens is 1. The lowest BCUT2D eigenvalue weighted by atomic mass is 10.1. The molecule has 0 aliphatic heterocycles. The van der Waals surface area contributed by atoms with Gasteiger partial charge in [-0.2, -0.15) is 5.10 Å². The van der Waals surface area contributed by atoms with Crippen molar-refractivity contribution in [1.29, 1.82) is 0 Å². The Morgan fingerprint density at radius 3 is 2.71 bits per heavy atom. The van der Waals surface area contributed by atoms with Crippen LogP contribution in [0.2, 0.25) is 0 Å². The van der Waals surface area contributed by atoms with Crippen LogP contribution in [0.3, 0.4) is 0 Å². The van der Waals surface area contributed by atoms with E-state index in [2.05, 4.69) is 20.7 Å². The minimum absolute atomic E-state index is 0.0831. The van der Waals surface area contributed by atoms with Crippen LogP contribution in [0.1, 0.15) is 46.2 Å². The van der Waals surface area contributed by atoms with Gasteiger partial charge >= 0.3 is 11.8 Å². The molecular weight excluding hydrogens is 447 g/mol. The molecule has 0 fully saturated rings. The second kappa shape index (κ2) is 9.89. The highest BCUT2D eigenvalue weighted by Gasteiger charge is 2.20. The first-order valence-electron chi connectivity index (χ1n) is 10.6. The molecule has 0 radical (unpaired) electrons. The number of rotatable bonds is 8. The summed E-state index contributed by atoms with van der Waals surface area (Å²) in [6.07, 6.45) is 1.67. The lowest BCUT2D eigenvalue weighted by Gasteiger charge is -2.23. The van der Waals surface area contributed by atoms with E-state index >= 15 is 0 Å². The van der Waals surface area contributed by atoms with Crippen LogP contribution in [-0.4, -0.2) is 43.9 Å². The van der Waals surface area contributed by atoms with Gasteiger partial charge in [-0.3, -0.25) is 10.1 Å². The molecule has 1 aromatic carbocycles. The van der Waals surface area contributed by atoms with Crippen molar-refractivity contribution < 1.29 is 23.6 Å². The smallest absolute Gasteiger partial charge is 0.407 e. The van der Waals surface area contributed by atoms with Crippen LogP contribution >= 0.6 is 0 Å². The van der Waals surface area contributed by atoms with E-state index in [-0.39, 0.29) is 17.9 Å². The first-order valence-corrected chi connectivity index (χ1v) is 10.6. The van der Waals surface area contributed by atoms with Crippen LogP contribution in [0.4, 0.5) is 20.7 Å². The normalized spacial score (nSPS) is 13.2. The van der Waals surface area contributed by atoms with Gasteiger partial charge in [-0.15, -0.1) is 0 Å². The molecule has 0 bridgehead atoms. The summed E-state index contributed by atoms with van der Waals surface area (Å²) in [6.45, 7) is 9.02. The molecule has 2 aromatic heterocycles. The minimum Gasteiger partial charge on any atom is -0.489 e. The topological polar surface area (TPSA) is 133 Å². The lowest BCUT2D eigenvalue weighted by molar-refractivity contribution is -0.383. The third-order valence-corrected chi connectivity index (χ3v) is 4.61. The fourth-order valence-corrected chi connectivity index (χ4v) is 3.13. The summed E-state index contributed by atoms with van der Waals surface area (Å²) in [6, 6.07) is 5.26. The monoisotopic (exact) mass is 474 g/mol. The Kier molecular flexibility index (Phi) is 7.18. The number of nitrogens with one attached hydrogen (secondary N) is 2. The summed E-state index contributed by atoms with van der Waals surface area (Å²) in [5, 5.41) is 20.8. The molecule has 2 N–H and O–H groups in total. The number of hydrogen-bond donors (Lipinski definition) is 2. The third-order valence-electron chi connectivity index (χ3n) is 4.61. The number of amides is 1. The first-order chi connectivity index (χ1) is 15.9. The number of anilines is 1. The number of aromatic nitrogens is 3. The molecule has 34 heavy (non-hydrogen) atoms. The molecule has 0 aliphatic rings.